The number of rotatable bonds is 8. The Labute approximate surface area is 101 Å². The number of aryl methyl sites for hydroxylation is 1. The Morgan fingerprint density at radius 3 is 2.82 bits per heavy atom. The van der Waals surface area contributed by atoms with Gasteiger partial charge in [0.25, 0.3) is 0 Å². The quantitative estimate of drug-likeness (QED) is 0.367. The summed E-state index contributed by atoms with van der Waals surface area (Å²) < 4.78 is 5.41. The van der Waals surface area contributed by atoms with Crippen LogP contribution in [-0.4, -0.2) is 17.7 Å². The van der Waals surface area contributed by atoms with Crippen LogP contribution in [0.25, 0.3) is 0 Å². The number of amides is 1. The van der Waals surface area contributed by atoms with Gasteiger partial charge in [0.1, 0.15) is 11.5 Å². The lowest BCUT2D eigenvalue weighted by Gasteiger charge is -2.02. The van der Waals surface area contributed by atoms with Crippen LogP contribution in [0.1, 0.15) is 37.2 Å². The van der Waals surface area contributed by atoms with Crippen LogP contribution in [-0.2, 0) is 11.3 Å². The zero-order valence-corrected chi connectivity index (χ0v) is 10.2. The molecule has 0 radical (unpaired) electrons. The Bertz CT molecular complexity index is 336. The van der Waals surface area contributed by atoms with Crippen LogP contribution in [0, 0.1) is 6.92 Å². The van der Waals surface area contributed by atoms with Crippen LogP contribution < -0.4 is 10.8 Å². The Kier molecular flexibility index (Phi) is 6.35. The molecule has 17 heavy (non-hydrogen) atoms. The molecule has 3 N–H and O–H groups in total. The third-order valence-electron chi connectivity index (χ3n) is 2.48. The molecule has 0 fully saturated rings. The number of furan rings is 1. The van der Waals surface area contributed by atoms with E-state index in [1.54, 1.807) is 5.48 Å². The van der Waals surface area contributed by atoms with E-state index in [4.69, 9.17) is 9.62 Å². The monoisotopic (exact) mass is 240 g/mol. The van der Waals surface area contributed by atoms with E-state index in [1.807, 2.05) is 19.1 Å². The van der Waals surface area contributed by atoms with Crippen molar-refractivity contribution in [2.45, 2.75) is 39.2 Å². The van der Waals surface area contributed by atoms with Crippen molar-refractivity contribution >= 4 is 5.91 Å². The van der Waals surface area contributed by atoms with Gasteiger partial charge < -0.3 is 9.73 Å². The molecule has 0 aliphatic heterocycles. The van der Waals surface area contributed by atoms with E-state index in [9.17, 15) is 4.79 Å². The van der Waals surface area contributed by atoms with E-state index in [0.717, 1.165) is 43.9 Å². The molecule has 5 nitrogen and oxygen atoms in total. The second kappa shape index (κ2) is 7.86. The lowest BCUT2D eigenvalue weighted by molar-refractivity contribution is -0.129. The molecule has 0 saturated carbocycles. The first-order valence-corrected chi connectivity index (χ1v) is 5.91. The molecule has 96 valence electrons. The summed E-state index contributed by atoms with van der Waals surface area (Å²) in [7, 11) is 0. The van der Waals surface area contributed by atoms with Crippen LogP contribution >= 0.6 is 0 Å². The largest absolute Gasteiger partial charge is 0.465 e. The predicted molar refractivity (Wildman–Crippen MR) is 63.5 cm³/mol. The van der Waals surface area contributed by atoms with Crippen LogP contribution in [0.2, 0.25) is 0 Å². The average Bonchev–Trinajstić information content (AvgIpc) is 2.73. The van der Waals surface area contributed by atoms with Crippen molar-refractivity contribution in [1.82, 2.24) is 10.8 Å². The highest BCUT2D eigenvalue weighted by Crippen LogP contribution is 2.05. The Balaban J connectivity index is 1.93. The van der Waals surface area contributed by atoms with Crippen molar-refractivity contribution in [1.29, 1.82) is 0 Å². The average molecular weight is 240 g/mol. The third kappa shape index (κ3) is 6.09. The molecule has 0 saturated heterocycles. The van der Waals surface area contributed by atoms with Gasteiger partial charge in [-0.25, -0.2) is 5.48 Å². The number of unbranched alkanes of at least 4 members (excludes halogenated alkanes) is 2. The zero-order valence-electron chi connectivity index (χ0n) is 10.2. The van der Waals surface area contributed by atoms with Gasteiger partial charge in [0.15, 0.2) is 0 Å². The summed E-state index contributed by atoms with van der Waals surface area (Å²) in [6.07, 6.45) is 3.16. The lowest BCUT2D eigenvalue weighted by Crippen LogP contribution is -2.18. The first-order chi connectivity index (χ1) is 8.22. The van der Waals surface area contributed by atoms with Crippen molar-refractivity contribution < 1.29 is 14.4 Å². The summed E-state index contributed by atoms with van der Waals surface area (Å²) in [4.78, 5) is 10.7. The number of nitrogens with one attached hydrogen (secondary N) is 2. The summed E-state index contributed by atoms with van der Waals surface area (Å²) in [5.74, 6) is 1.56. The van der Waals surface area contributed by atoms with Gasteiger partial charge in [-0.2, -0.15) is 0 Å². The highest BCUT2D eigenvalue weighted by Gasteiger charge is 1.99. The fraction of sp³-hybridized carbons (Fsp3) is 0.583. The second-order valence-electron chi connectivity index (χ2n) is 4.03. The normalized spacial score (nSPS) is 10.5. The summed E-state index contributed by atoms with van der Waals surface area (Å²) in [6.45, 7) is 3.57. The van der Waals surface area contributed by atoms with Crippen LogP contribution in [0.5, 0.6) is 0 Å². The third-order valence-corrected chi connectivity index (χ3v) is 2.48. The van der Waals surface area contributed by atoms with Crippen LogP contribution in [0.15, 0.2) is 16.5 Å². The van der Waals surface area contributed by atoms with E-state index >= 15 is 0 Å². The van der Waals surface area contributed by atoms with Crippen molar-refractivity contribution in [2.24, 2.45) is 0 Å². The number of hydrogen-bond acceptors (Lipinski definition) is 4. The van der Waals surface area contributed by atoms with Crippen molar-refractivity contribution in [3.05, 3.63) is 23.7 Å². The molecule has 0 aliphatic carbocycles. The molecular weight excluding hydrogens is 220 g/mol. The summed E-state index contributed by atoms with van der Waals surface area (Å²) in [5.41, 5.74) is 1.62. The molecule has 5 heteroatoms. The van der Waals surface area contributed by atoms with Gasteiger partial charge in [0, 0.05) is 6.42 Å². The number of carbonyl (C=O) groups is 1. The van der Waals surface area contributed by atoms with Gasteiger partial charge in [0.05, 0.1) is 6.54 Å². The first-order valence-electron chi connectivity index (χ1n) is 5.91. The summed E-state index contributed by atoms with van der Waals surface area (Å²) in [5, 5.41) is 11.6. The molecule has 1 heterocycles. The number of hydrogen-bond donors (Lipinski definition) is 3. The second-order valence-corrected chi connectivity index (χ2v) is 4.03. The highest BCUT2D eigenvalue weighted by molar-refractivity contribution is 5.74. The van der Waals surface area contributed by atoms with Gasteiger partial charge in [-0.3, -0.25) is 10.0 Å². The van der Waals surface area contributed by atoms with Gasteiger partial charge in [-0.1, -0.05) is 6.42 Å². The maximum Gasteiger partial charge on any atom is 0.243 e. The standard InChI is InChI=1S/C12H20N2O3/c1-10-6-7-11(17-10)9-13-8-4-2-3-5-12(15)14-16/h6-7,13,16H,2-5,8-9H2,1H3,(H,14,15). The van der Waals surface area contributed by atoms with E-state index in [-0.39, 0.29) is 5.91 Å². The minimum Gasteiger partial charge on any atom is -0.465 e. The summed E-state index contributed by atoms with van der Waals surface area (Å²) >= 11 is 0. The maximum atomic E-state index is 10.7. The molecule has 1 aromatic rings. The molecule has 0 bridgehead atoms. The molecule has 0 spiro atoms. The Hall–Kier alpha value is -1.33. The van der Waals surface area contributed by atoms with Gasteiger partial charge >= 0.3 is 0 Å². The van der Waals surface area contributed by atoms with Gasteiger partial charge in [0.2, 0.25) is 5.91 Å². The molecule has 0 unspecified atom stereocenters. The fourth-order valence-corrected chi connectivity index (χ4v) is 1.56. The minimum absolute atomic E-state index is 0.316. The van der Waals surface area contributed by atoms with E-state index in [0.29, 0.717) is 6.42 Å². The topological polar surface area (TPSA) is 74.5 Å². The van der Waals surface area contributed by atoms with Crippen LogP contribution in [0.4, 0.5) is 0 Å². The Morgan fingerprint density at radius 1 is 1.35 bits per heavy atom. The lowest BCUT2D eigenvalue weighted by atomic mass is 10.2. The van der Waals surface area contributed by atoms with Gasteiger partial charge in [-0.05, 0) is 38.4 Å². The molecule has 0 atom stereocenters. The predicted octanol–water partition coefficient (Wildman–Crippen LogP) is 1.74. The fourth-order valence-electron chi connectivity index (χ4n) is 1.56. The maximum absolute atomic E-state index is 10.7. The molecule has 0 aromatic carbocycles. The minimum atomic E-state index is -0.316. The van der Waals surface area contributed by atoms with Crippen LogP contribution in [0.3, 0.4) is 0 Å². The van der Waals surface area contributed by atoms with E-state index in [1.165, 1.54) is 0 Å². The summed E-state index contributed by atoms with van der Waals surface area (Å²) in [6, 6.07) is 3.92. The zero-order chi connectivity index (χ0) is 12.5. The molecule has 1 aromatic heterocycles. The van der Waals surface area contributed by atoms with E-state index in [2.05, 4.69) is 5.32 Å². The molecule has 1 rings (SSSR count). The first kappa shape index (κ1) is 13.7. The SMILES string of the molecule is Cc1ccc(CNCCCCCC(=O)NO)o1. The van der Waals surface area contributed by atoms with Crippen molar-refractivity contribution in [3.8, 4) is 0 Å². The molecule has 0 aliphatic rings. The van der Waals surface area contributed by atoms with Gasteiger partial charge in [-0.15, -0.1) is 0 Å². The van der Waals surface area contributed by atoms with Crippen molar-refractivity contribution in [2.75, 3.05) is 6.54 Å². The molecule has 1 amide bonds. The Morgan fingerprint density at radius 2 is 2.18 bits per heavy atom. The smallest absolute Gasteiger partial charge is 0.243 e. The number of hydroxylamine groups is 1. The highest BCUT2D eigenvalue weighted by atomic mass is 16.5. The molecular formula is C12H20N2O3. The van der Waals surface area contributed by atoms with Crippen molar-refractivity contribution in [3.63, 3.8) is 0 Å². The van der Waals surface area contributed by atoms with E-state index < -0.39 is 0 Å². The number of carbonyl (C=O) groups excluding carboxylic acids is 1.